The molecule has 0 N–H and O–H groups in total. The van der Waals surface area contributed by atoms with Gasteiger partial charge in [-0.2, -0.15) is 0 Å². The maximum atomic E-state index is 9.57. The first-order chi connectivity index (χ1) is 47.4. The summed E-state index contributed by atoms with van der Waals surface area (Å²) >= 11 is 0. The fraction of sp³-hybridized carbons (Fsp3) is 0.0488. The lowest BCUT2D eigenvalue weighted by Gasteiger charge is -2.46. The zero-order chi connectivity index (χ0) is 67.3. The third-order valence-electron chi connectivity index (χ3n) is 17.6. The van der Waals surface area contributed by atoms with Gasteiger partial charge in [0.15, 0.2) is 0 Å². The minimum atomic E-state index is -0.656. The second-order valence-electron chi connectivity index (χ2n) is 23.6. The Morgan fingerprint density at radius 2 is 0.886 bits per heavy atom. The average molecular weight is 1140 g/mol. The predicted octanol–water partition coefficient (Wildman–Crippen LogP) is 21.0. The van der Waals surface area contributed by atoms with E-state index in [1.165, 1.54) is 4.90 Å². The molecule has 13 aromatic carbocycles. The van der Waals surface area contributed by atoms with Crippen LogP contribution in [0.4, 0.5) is 51.2 Å². The summed E-state index contributed by atoms with van der Waals surface area (Å²) < 4.78 is 105. The van der Waals surface area contributed by atoms with E-state index >= 15 is 0 Å². The molecule has 17 rings (SSSR count). The van der Waals surface area contributed by atoms with Crippen LogP contribution in [-0.4, -0.2) is 6.71 Å². The largest absolute Gasteiger partial charge is 0.456 e. The lowest BCUT2D eigenvalue weighted by atomic mass is 9.33. The third-order valence-corrected chi connectivity index (χ3v) is 17.6. The Bertz CT molecular complexity index is 5730. The van der Waals surface area contributed by atoms with E-state index in [-0.39, 0.29) is 5.69 Å². The summed E-state index contributed by atoms with van der Waals surface area (Å²) in [4.78, 5) is 5.92. The van der Waals surface area contributed by atoms with Crippen LogP contribution in [0, 0.1) is 0 Å². The second-order valence-corrected chi connectivity index (χ2v) is 23.6. The Labute approximate surface area is 526 Å². The van der Waals surface area contributed by atoms with Crippen molar-refractivity contribution in [3.05, 3.63) is 303 Å². The molecule has 0 saturated carbocycles. The van der Waals surface area contributed by atoms with Crippen LogP contribution in [0.15, 0.2) is 306 Å². The normalized spacial score (nSPS) is 14.2. The average Bonchev–Trinajstić information content (AvgIpc) is 0.919. The zero-order valence-electron chi connectivity index (χ0n) is 58.3. The number of furan rings is 2. The number of rotatable bonds is 9. The summed E-state index contributed by atoms with van der Waals surface area (Å²) in [7, 11) is 0. The molecular formula is C82H58BN3O2. The van der Waals surface area contributed by atoms with Gasteiger partial charge in [0.25, 0.3) is 6.71 Å². The van der Waals surface area contributed by atoms with Gasteiger partial charge in [0.1, 0.15) is 22.3 Å². The van der Waals surface area contributed by atoms with Crippen molar-refractivity contribution in [3.8, 4) is 44.5 Å². The van der Waals surface area contributed by atoms with Crippen LogP contribution >= 0.6 is 0 Å². The molecule has 0 radical (unpaired) electrons. The van der Waals surface area contributed by atoms with Gasteiger partial charge < -0.3 is 23.5 Å². The van der Waals surface area contributed by atoms with Crippen LogP contribution in [0.3, 0.4) is 0 Å². The molecule has 0 aliphatic carbocycles. The molecule has 4 heterocycles. The monoisotopic (exact) mass is 1140 g/mol. The number of benzene rings is 13. The summed E-state index contributed by atoms with van der Waals surface area (Å²) in [5.41, 5.74) is 18.7. The van der Waals surface area contributed by atoms with E-state index in [0.29, 0.717) is 5.69 Å². The Balaban J connectivity index is 0.990. The van der Waals surface area contributed by atoms with E-state index < -0.39 is 83.9 Å². The summed E-state index contributed by atoms with van der Waals surface area (Å²) in [6, 6.07) is 74.9. The molecule has 0 fully saturated rings. The van der Waals surface area contributed by atoms with Crippen molar-refractivity contribution in [2.24, 2.45) is 0 Å². The number of anilines is 9. The molecule has 0 unspecified atom stereocenters. The van der Waals surface area contributed by atoms with E-state index in [4.69, 9.17) is 17.1 Å². The topological polar surface area (TPSA) is 36.0 Å². The first-order valence-electron chi connectivity index (χ1n) is 34.6. The Hall–Kier alpha value is -11.1. The van der Waals surface area contributed by atoms with Gasteiger partial charge in [-0.1, -0.05) is 215 Å². The number of hydrogen-bond acceptors (Lipinski definition) is 5. The summed E-state index contributed by atoms with van der Waals surface area (Å²) in [6.07, 6.45) is 0. The highest BCUT2D eigenvalue weighted by Gasteiger charge is 2.45. The predicted molar refractivity (Wildman–Crippen MR) is 370 cm³/mol. The zero-order valence-corrected chi connectivity index (χ0v) is 48.3. The number of hydrogen-bond donors (Lipinski definition) is 0. The SMILES string of the molecule is [2H]c1c([2H])c([2H])c(N(c2ccc3c(c2)N(c2ccc(-c4ccccc4)cc2-c2ccccc2)c2cc(C(C)(C)C)cc4c2B3c2cc(-c3cccc5oc6ccccc6c35)ccc2N4c2ccc(-c3cccc4oc5ccccc5c34)cc2)c2c([2H])c([2H])c([2H])c([2H])c2[2H])c([2H])c1[2H]. The van der Waals surface area contributed by atoms with E-state index in [9.17, 15) is 5.48 Å². The maximum Gasteiger partial charge on any atom is 0.252 e. The molecule has 0 spiro atoms. The van der Waals surface area contributed by atoms with Crippen molar-refractivity contribution >= 4 is 118 Å². The van der Waals surface area contributed by atoms with Crippen LogP contribution in [-0.2, 0) is 5.41 Å². The van der Waals surface area contributed by atoms with Crippen LogP contribution in [0.1, 0.15) is 40.0 Å². The fourth-order valence-corrected chi connectivity index (χ4v) is 13.6. The fourth-order valence-electron chi connectivity index (χ4n) is 13.6. The van der Waals surface area contributed by atoms with E-state index in [1.807, 2.05) is 109 Å². The highest BCUT2D eigenvalue weighted by Crippen LogP contribution is 2.51. The first kappa shape index (κ1) is 41.9. The van der Waals surface area contributed by atoms with Crippen LogP contribution in [0.5, 0.6) is 0 Å². The molecule has 15 aromatic rings. The second kappa shape index (κ2) is 20.3. The highest BCUT2D eigenvalue weighted by molar-refractivity contribution is 7.00. The standard InChI is InChI=1S/C82H58BN3O2/c1-82(2,3)58-50-73-81-74(51-58)86(70-46-40-56(53-22-8-4-9-23-53)48-67(70)54-24-10-5-11-25-54)72-52-62(84(59-26-12-6-13-27-59)60-28-14-7-15-29-60)44-45-68(72)83(81)69-49-57(64-33-21-37-78-80(64)66-31-17-19-35-76(66)88-78)41-47-71(69)85(73)61-42-38-55(39-43-61)63-32-20-36-77-79(63)65-30-16-18-34-75(65)87-77/h4-52H,1-3H3/i6D,7D,12D,13D,14D,15D,26D,27D,28D,29D. The Morgan fingerprint density at radius 1 is 0.364 bits per heavy atom. The first-order valence-corrected chi connectivity index (χ1v) is 29.6. The molecule has 0 saturated heterocycles. The molecule has 0 amide bonds. The Morgan fingerprint density at radius 3 is 1.51 bits per heavy atom. The van der Waals surface area contributed by atoms with Crippen molar-refractivity contribution in [1.29, 1.82) is 0 Å². The van der Waals surface area contributed by atoms with Gasteiger partial charge in [-0.3, -0.25) is 0 Å². The minimum Gasteiger partial charge on any atom is -0.456 e. The smallest absolute Gasteiger partial charge is 0.252 e. The molecule has 88 heavy (non-hydrogen) atoms. The third kappa shape index (κ3) is 8.31. The Kier molecular flexibility index (Phi) is 9.65. The number of fused-ring (bicyclic) bond motifs is 10. The number of para-hydroxylation sites is 4. The summed E-state index contributed by atoms with van der Waals surface area (Å²) in [6.45, 7) is 6.10. The van der Waals surface area contributed by atoms with Gasteiger partial charge in [-0.05, 0) is 169 Å². The van der Waals surface area contributed by atoms with Gasteiger partial charge in [-0.15, -0.1) is 0 Å². The van der Waals surface area contributed by atoms with Crippen molar-refractivity contribution in [1.82, 2.24) is 0 Å². The highest BCUT2D eigenvalue weighted by atomic mass is 16.3. The van der Waals surface area contributed by atoms with Crippen LogP contribution in [0.25, 0.3) is 88.4 Å². The van der Waals surface area contributed by atoms with Gasteiger partial charge in [0, 0.05) is 72.6 Å². The molecule has 0 bridgehead atoms. The number of nitrogens with zero attached hydrogens (tertiary/aromatic N) is 3. The van der Waals surface area contributed by atoms with Gasteiger partial charge >= 0.3 is 0 Å². The van der Waals surface area contributed by atoms with E-state index in [2.05, 4.69) is 152 Å². The molecule has 2 aliphatic rings. The summed E-state index contributed by atoms with van der Waals surface area (Å²) in [5, 5.41) is 4.05. The van der Waals surface area contributed by atoms with Crippen molar-refractivity contribution in [3.63, 3.8) is 0 Å². The lowest BCUT2D eigenvalue weighted by molar-refractivity contribution is 0.590. The van der Waals surface area contributed by atoms with Crippen LogP contribution in [0.2, 0.25) is 0 Å². The summed E-state index contributed by atoms with van der Waals surface area (Å²) in [5.74, 6) is 0. The quantitative estimate of drug-likeness (QED) is 0.135. The lowest BCUT2D eigenvalue weighted by Crippen LogP contribution is -2.61. The van der Waals surface area contributed by atoms with E-state index in [1.54, 1.807) is 6.07 Å². The van der Waals surface area contributed by atoms with Gasteiger partial charge in [0.05, 0.1) is 19.4 Å². The maximum absolute atomic E-state index is 9.57. The van der Waals surface area contributed by atoms with Crippen molar-refractivity contribution < 1.29 is 22.5 Å². The van der Waals surface area contributed by atoms with Gasteiger partial charge in [-0.25, -0.2) is 0 Å². The van der Waals surface area contributed by atoms with Crippen molar-refractivity contribution in [2.45, 2.75) is 26.2 Å². The molecule has 0 atom stereocenters. The molecule has 2 aromatic heterocycles. The van der Waals surface area contributed by atoms with E-state index in [0.717, 1.165) is 139 Å². The molecule has 2 aliphatic heterocycles. The molecular weight excluding hydrogens is 1070 g/mol. The van der Waals surface area contributed by atoms with Gasteiger partial charge in [0.2, 0.25) is 0 Å². The molecule has 5 nitrogen and oxygen atoms in total. The molecule has 416 valence electrons. The minimum absolute atomic E-state index is 0.174. The molecule has 6 heteroatoms. The van der Waals surface area contributed by atoms with Crippen molar-refractivity contribution in [2.75, 3.05) is 14.7 Å². The van der Waals surface area contributed by atoms with Crippen LogP contribution < -0.4 is 31.1 Å².